The largest absolute Gasteiger partial charge is 0.396 e. The fourth-order valence-electron chi connectivity index (χ4n) is 3.63. The maximum absolute atomic E-state index is 13.9. The number of anilines is 2. The molecule has 4 rings (SSSR count). The maximum atomic E-state index is 13.9. The van der Waals surface area contributed by atoms with Gasteiger partial charge in [-0.15, -0.1) is 0 Å². The number of pyridine rings is 2. The number of benzene rings is 1. The second kappa shape index (κ2) is 5.81. The highest BCUT2D eigenvalue weighted by molar-refractivity contribution is 6.34. The summed E-state index contributed by atoms with van der Waals surface area (Å²) in [6, 6.07) is 2.68. The topological polar surface area (TPSA) is 122 Å². The van der Waals surface area contributed by atoms with Gasteiger partial charge in [-0.25, -0.2) is 9.37 Å². The Balaban J connectivity index is 2.25. The molecule has 8 heteroatoms. The van der Waals surface area contributed by atoms with Crippen LogP contribution in [0.2, 0.25) is 5.15 Å². The fourth-order valence-corrected chi connectivity index (χ4v) is 3.87. The van der Waals surface area contributed by atoms with Gasteiger partial charge < -0.3 is 21.9 Å². The normalized spacial score (nSPS) is 13.2. The van der Waals surface area contributed by atoms with Crippen molar-refractivity contribution in [2.24, 2.45) is 0 Å². The molecule has 0 fully saturated rings. The van der Waals surface area contributed by atoms with Crippen molar-refractivity contribution in [1.82, 2.24) is 9.97 Å². The van der Waals surface area contributed by atoms with Crippen molar-refractivity contribution in [3.8, 4) is 11.1 Å². The van der Waals surface area contributed by atoms with Crippen LogP contribution in [0.15, 0.2) is 16.9 Å². The zero-order valence-corrected chi connectivity index (χ0v) is 14.4. The molecule has 1 aromatic carbocycles. The summed E-state index contributed by atoms with van der Waals surface area (Å²) < 4.78 is 13.9. The van der Waals surface area contributed by atoms with E-state index in [0.29, 0.717) is 22.0 Å². The van der Waals surface area contributed by atoms with Crippen molar-refractivity contribution in [2.45, 2.75) is 19.3 Å². The first-order chi connectivity index (χ1) is 12.4. The van der Waals surface area contributed by atoms with Gasteiger partial charge in [0, 0.05) is 28.4 Å². The maximum Gasteiger partial charge on any atom is 0.272 e. The van der Waals surface area contributed by atoms with Gasteiger partial charge in [-0.2, -0.15) is 0 Å². The number of aromatic nitrogens is 2. The molecule has 0 radical (unpaired) electrons. The summed E-state index contributed by atoms with van der Waals surface area (Å²) >= 11 is 6.30. The van der Waals surface area contributed by atoms with Gasteiger partial charge in [-0.05, 0) is 36.5 Å². The summed E-state index contributed by atoms with van der Waals surface area (Å²) in [5, 5.41) is 8.53. The second-order valence-electron chi connectivity index (χ2n) is 6.24. The van der Waals surface area contributed by atoms with Crippen LogP contribution in [0.3, 0.4) is 0 Å². The molecule has 2 aromatic heterocycles. The number of aryl methyl sites for hydroxylation is 2. The number of nitrogen functional groups attached to an aromatic ring is 2. The van der Waals surface area contributed by atoms with Crippen LogP contribution in [-0.4, -0.2) is 16.2 Å². The highest BCUT2D eigenvalue weighted by Gasteiger charge is 2.25. The van der Waals surface area contributed by atoms with Crippen molar-refractivity contribution >= 4 is 40.1 Å². The molecule has 6 N–H and O–H groups in total. The molecule has 0 aliphatic heterocycles. The van der Waals surface area contributed by atoms with Gasteiger partial charge in [0.25, 0.3) is 5.56 Å². The number of nitrogens with one attached hydrogen (secondary N) is 2. The molecule has 0 saturated carbocycles. The summed E-state index contributed by atoms with van der Waals surface area (Å²) in [4.78, 5) is 19.5. The summed E-state index contributed by atoms with van der Waals surface area (Å²) in [6.07, 6.45) is 3.43. The molecular formula is C18H15ClFN5O. The highest BCUT2D eigenvalue weighted by atomic mass is 35.5. The number of rotatable bonds is 2. The minimum Gasteiger partial charge on any atom is -0.396 e. The van der Waals surface area contributed by atoms with Crippen LogP contribution >= 0.6 is 11.6 Å². The van der Waals surface area contributed by atoms with Crippen LogP contribution in [0.5, 0.6) is 0 Å². The molecule has 0 bridgehead atoms. The van der Waals surface area contributed by atoms with Crippen molar-refractivity contribution in [1.29, 1.82) is 5.41 Å². The Bertz CT molecular complexity index is 1150. The molecule has 0 saturated heterocycles. The van der Waals surface area contributed by atoms with E-state index < -0.39 is 11.4 Å². The third kappa shape index (κ3) is 2.20. The van der Waals surface area contributed by atoms with Crippen LogP contribution in [0.25, 0.3) is 22.0 Å². The lowest BCUT2D eigenvalue weighted by Crippen LogP contribution is -2.15. The first kappa shape index (κ1) is 16.5. The first-order valence-corrected chi connectivity index (χ1v) is 8.43. The quantitative estimate of drug-likeness (QED) is 0.314. The Labute approximate surface area is 152 Å². The van der Waals surface area contributed by atoms with E-state index >= 15 is 0 Å². The third-order valence-electron chi connectivity index (χ3n) is 4.83. The zero-order valence-electron chi connectivity index (χ0n) is 13.6. The minimum atomic E-state index is -0.634. The number of nitrogens with two attached hydrogens (primary N) is 2. The van der Waals surface area contributed by atoms with E-state index in [4.69, 9.17) is 28.5 Å². The average molecular weight is 372 g/mol. The number of halogens is 2. The second-order valence-corrected chi connectivity index (χ2v) is 6.60. The van der Waals surface area contributed by atoms with E-state index in [1.807, 2.05) is 0 Å². The van der Waals surface area contributed by atoms with E-state index in [0.717, 1.165) is 36.7 Å². The SMILES string of the molecule is N=Cc1c(-c2c(N)c(=O)[nH]c3c(Cl)nc4c(c23)CCC4)ccc(F)c1N. The lowest BCUT2D eigenvalue weighted by molar-refractivity contribution is 0.632. The summed E-state index contributed by atoms with van der Waals surface area (Å²) in [6.45, 7) is 0. The van der Waals surface area contributed by atoms with Gasteiger partial charge in [-0.1, -0.05) is 17.7 Å². The van der Waals surface area contributed by atoms with Crippen molar-refractivity contribution in [2.75, 3.05) is 11.5 Å². The number of hydrogen-bond acceptors (Lipinski definition) is 5. The predicted octanol–water partition coefficient (Wildman–Crippen LogP) is 3.03. The Morgan fingerprint density at radius 3 is 2.77 bits per heavy atom. The van der Waals surface area contributed by atoms with E-state index in [1.54, 1.807) is 0 Å². The highest BCUT2D eigenvalue weighted by Crippen LogP contribution is 2.41. The number of aromatic amines is 1. The molecule has 0 amide bonds. The first-order valence-electron chi connectivity index (χ1n) is 8.05. The van der Waals surface area contributed by atoms with Crippen LogP contribution in [0.4, 0.5) is 15.8 Å². The third-order valence-corrected chi connectivity index (χ3v) is 5.10. The number of fused-ring (bicyclic) bond motifs is 3. The van der Waals surface area contributed by atoms with Crippen molar-refractivity contribution in [3.63, 3.8) is 0 Å². The van der Waals surface area contributed by atoms with Gasteiger partial charge >= 0.3 is 0 Å². The molecule has 0 spiro atoms. The van der Waals surface area contributed by atoms with Crippen LogP contribution in [0, 0.1) is 11.2 Å². The lowest BCUT2D eigenvalue weighted by atomic mass is 9.92. The molecule has 26 heavy (non-hydrogen) atoms. The Kier molecular flexibility index (Phi) is 3.69. The van der Waals surface area contributed by atoms with Crippen molar-refractivity contribution in [3.05, 3.63) is 50.3 Å². The molecule has 2 heterocycles. The van der Waals surface area contributed by atoms with Gasteiger partial charge in [0.05, 0.1) is 11.2 Å². The van der Waals surface area contributed by atoms with E-state index in [2.05, 4.69) is 9.97 Å². The van der Waals surface area contributed by atoms with Crippen molar-refractivity contribution < 1.29 is 4.39 Å². The molecule has 3 aromatic rings. The summed E-state index contributed by atoms with van der Waals surface area (Å²) in [7, 11) is 0. The molecule has 0 unspecified atom stereocenters. The molecular weight excluding hydrogens is 357 g/mol. The van der Waals surface area contributed by atoms with E-state index in [-0.39, 0.29) is 22.1 Å². The fraction of sp³-hybridized carbons (Fsp3) is 0.167. The average Bonchev–Trinajstić information content (AvgIpc) is 3.07. The van der Waals surface area contributed by atoms with Crippen LogP contribution in [-0.2, 0) is 12.8 Å². The molecule has 0 atom stereocenters. The monoisotopic (exact) mass is 371 g/mol. The Morgan fingerprint density at radius 1 is 1.27 bits per heavy atom. The lowest BCUT2D eigenvalue weighted by Gasteiger charge is -2.17. The summed E-state index contributed by atoms with van der Waals surface area (Å²) in [5.74, 6) is -0.634. The minimum absolute atomic E-state index is 0.0250. The zero-order chi connectivity index (χ0) is 18.6. The number of H-pyrrole nitrogens is 1. The molecule has 1 aliphatic carbocycles. The van der Waals surface area contributed by atoms with Crippen LogP contribution < -0.4 is 17.0 Å². The van der Waals surface area contributed by atoms with E-state index in [9.17, 15) is 9.18 Å². The summed E-state index contributed by atoms with van der Waals surface area (Å²) in [5.41, 5.74) is 14.4. The van der Waals surface area contributed by atoms with Gasteiger partial charge in [0.2, 0.25) is 0 Å². The van der Waals surface area contributed by atoms with Crippen LogP contribution in [0.1, 0.15) is 23.2 Å². The van der Waals surface area contributed by atoms with Gasteiger partial charge in [0.15, 0.2) is 5.15 Å². The predicted molar refractivity (Wildman–Crippen MR) is 102 cm³/mol. The van der Waals surface area contributed by atoms with E-state index in [1.165, 1.54) is 12.1 Å². The standard InChI is InChI=1S/C18H15ClFN5O/c19-17-16-13(8-2-1-3-11(8)24-17)12(15(23)18(26)25-16)7-4-5-10(20)14(22)9(7)6-21/h4-6,21H,1-3,22-23H2,(H,25,26). The number of hydrogen-bond donors (Lipinski definition) is 4. The smallest absolute Gasteiger partial charge is 0.272 e. The Morgan fingerprint density at radius 2 is 2.04 bits per heavy atom. The van der Waals surface area contributed by atoms with Gasteiger partial charge in [0.1, 0.15) is 11.5 Å². The number of nitrogens with zero attached hydrogens (tertiary/aromatic N) is 1. The molecule has 1 aliphatic rings. The van der Waals surface area contributed by atoms with Gasteiger partial charge in [-0.3, -0.25) is 4.79 Å². The Hall–Kier alpha value is -2.93. The molecule has 6 nitrogen and oxygen atoms in total. The molecule has 132 valence electrons.